The second-order valence-electron chi connectivity index (χ2n) is 5.00. The highest BCUT2D eigenvalue weighted by molar-refractivity contribution is 5.96. The van der Waals surface area contributed by atoms with E-state index in [4.69, 9.17) is 14.2 Å². The first-order valence-corrected chi connectivity index (χ1v) is 7.50. The third-order valence-electron chi connectivity index (χ3n) is 3.32. The number of hydrogen-bond donors (Lipinski definition) is 1. The molecule has 2 aromatic rings. The summed E-state index contributed by atoms with van der Waals surface area (Å²) in [7, 11) is 0. The molecule has 1 aromatic carbocycles. The zero-order valence-corrected chi connectivity index (χ0v) is 13.0. The van der Waals surface area contributed by atoms with Gasteiger partial charge in [0.1, 0.15) is 12.4 Å². The molecule has 1 aliphatic heterocycles. The number of carbonyl (C=O) groups excluding carboxylic acids is 2. The maximum absolute atomic E-state index is 12.3. The zero-order chi connectivity index (χ0) is 16.9. The van der Waals surface area contributed by atoms with Crippen molar-refractivity contribution in [1.29, 1.82) is 0 Å². The molecule has 1 aliphatic rings. The number of carbonyl (C=O) groups is 2. The number of nitrogens with zero attached hydrogens (tertiary/aromatic N) is 1. The lowest BCUT2D eigenvalue weighted by Gasteiger charge is -2.25. The number of nitrogens with one attached hydrogen (secondary N) is 1. The van der Waals surface area contributed by atoms with Crippen molar-refractivity contribution in [2.75, 3.05) is 18.5 Å². The van der Waals surface area contributed by atoms with Crippen LogP contribution in [0.5, 0.6) is 11.5 Å². The Labute approximate surface area is 138 Å². The first kappa shape index (κ1) is 15.8. The first-order valence-electron chi connectivity index (χ1n) is 7.50. The van der Waals surface area contributed by atoms with E-state index < -0.39 is 18.0 Å². The van der Waals surface area contributed by atoms with Crippen molar-refractivity contribution in [3.8, 4) is 11.5 Å². The highest BCUT2D eigenvalue weighted by Crippen LogP contribution is 2.31. The maximum Gasteiger partial charge on any atom is 0.338 e. The molecular formula is C17H16N2O5. The van der Waals surface area contributed by atoms with Gasteiger partial charge in [-0.05, 0) is 31.2 Å². The van der Waals surface area contributed by atoms with Crippen LogP contribution in [0.25, 0.3) is 0 Å². The van der Waals surface area contributed by atoms with E-state index in [0.717, 1.165) is 0 Å². The van der Waals surface area contributed by atoms with Crippen LogP contribution in [0.1, 0.15) is 17.3 Å². The Morgan fingerprint density at radius 2 is 2.08 bits per heavy atom. The van der Waals surface area contributed by atoms with Crippen molar-refractivity contribution in [3.63, 3.8) is 0 Å². The average Bonchev–Trinajstić information content (AvgIpc) is 2.61. The van der Waals surface area contributed by atoms with Crippen LogP contribution in [0.4, 0.5) is 5.82 Å². The lowest BCUT2D eigenvalue weighted by molar-refractivity contribution is -0.125. The number of rotatable bonds is 4. The molecule has 0 aliphatic carbocycles. The normalized spacial score (nSPS) is 15.5. The molecule has 2 heterocycles. The van der Waals surface area contributed by atoms with E-state index in [1.807, 2.05) is 6.07 Å². The average molecular weight is 328 g/mol. The van der Waals surface area contributed by atoms with Crippen molar-refractivity contribution in [2.24, 2.45) is 0 Å². The van der Waals surface area contributed by atoms with Crippen molar-refractivity contribution < 1.29 is 23.8 Å². The molecule has 1 N–H and O–H groups in total. The summed E-state index contributed by atoms with van der Waals surface area (Å²) in [4.78, 5) is 28.1. The van der Waals surface area contributed by atoms with Crippen LogP contribution in [0, 0.1) is 0 Å². The molecule has 7 nitrogen and oxygen atoms in total. The molecule has 0 saturated heterocycles. The molecule has 1 atom stereocenters. The summed E-state index contributed by atoms with van der Waals surface area (Å²) in [5, 5.41) is 2.62. The molecule has 3 rings (SSSR count). The van der Waals surface area contributed by atoms with Gasteiger partial charge in [0.25, 0.3) is 5.91 Å². The van der Waals surface area contributed by atoms with Crippen LogP contribution < -0.4 is 14.8 Å². The molecule has 124 valence electrons. The number of amides is 1. The number of aromatic nitrogens is 1. The van der Waals surface area contributed by atoms with E-state index >= 15 is 0 Å². The van der Waals surface area contributed by atoms with Crippen LogP contribution in [0.15, 0.2) is 42.6 Å². The van der Waals surface area contributed by atoms with Gasteiger partial charge < -0.3 is 19.5 Å². The van der Waals surface area contributed by atoms with Crippen molar-refractivity contribution in [2.45, 2.75) is 13.0 Å². The molecule has 1 unspecified atom stereocenters. The molecule has 1 aromatic heterocycles. The van der Waals surface area contributed by atoms with Gasteiger partial charge in [-0.1, -0.05) is 12.1 Å². The summed E-state index contributed by atoms with van der Waals surface area (Å²) in [6.07, 6.45) is 0.628. The van der Waals surface area contributed by atoms with Gasteiger partial charge in [0, 0.05) is 6.20 Å². The number of benzene rings is 1. The summed E-state index contributed by atoms with van der Waals surface area (Å²) >= 11 is 0. The SMILES string of the molecule is CCOC(=O)c1ccnc(NC(=O)C2COc3ccccc3O2)c1. The molecule has 0 spiro atoms. The predicted molar refractivity (Wildman–Crippen MR) is 85.2 cm³/mol. The zero-order valence-electron chi connectivity index (χ0n) is 13.0. The molecule has 0 saturated carbocycles. The third kappa shape index (κ3) is 3.45. The Bertz CT molecular complexity index is 762. The van der Waals surface area contributed by atoms with Gasteiger partial charge in [-0.15, -0.1) is 0 Å². The Hall–Kier alpha value is -3.09. The van der Waals surface area contributed by atoms with Gasteiger partial charge in [0.05, 0.1) is 12.2 Å². The highest BCUT2D eigenvalue weighted by Gasteiger charge is 2.27. The summed E-state index contributed by atoms with van der Waals surface area (Å²) in [6.45, 7) is 2.09. The Morgan fingerprint density at radius 1 is 1.29 bits per heavy atom. The van der Waals surface area contributed by atoms with Gasteiger partial charge in [0.2, 0.25) is 6.10 Å². The van der Waals surface area contributed by atoms with E-state index in [-0.39, 0.29) is 19.0 Å². The summed E-state index contributed by atoms with van der Waals surface area (Å²) in [5.74, 6) is 0.480. The lowest BCUT2D eigenvalue weighted by atomic mass is 10.2. The number of anilines is 1. The van der Waals surface area contributed by atoms with Crippen molar-refractivity contribution in [3.05, 3.63) is 48.2 Å². The monoisotopic (exact) mass is 328 g/mol. The lowest BCUT2D eigenvalue weighted by Crippen LogP contribution is -2.40. The summed E-state index contributed by atoms with van der Waals surface area (Å²) < 4.78 is 16.1. The molecule has 1 amide bonds. The number of ether oxygens (including phenoxy) is 3. The topological polar surface area (TPSA) is 86.8 Å². The minimum Gasteiger partial charge on any atom is -0.485 e. The second-order valence-corrected chi connectivity index (χ2v) is 5.00. The largest absolute Gasteiger partial charge is 0.485 e. The predicted octanol–water partition coefficient (Wildman–Crippen LogP) is 2.04. The molecule has 0 bridgehead atoms. The highest BCUT2D eigenvalue weighted by atomic mass is 16.6. The standard InChI is InChI=1S/C17H16N2O5/c1-2-22-17(21)11-7-8-18-15(9-11)19-16(20)14-10-23-12-5-3-4-6-13(12)24-14/h3-9,14H,2,10H2,1H3,(H,18,19,20). The van der Waals surface area contributed by atoms with Crippen LogP contribution >= 0.6 is 0 Å². The van der Waals surface area contributed by atoms with E-state index in [1.54, 1.807) is 25.1 Å². The Morgan fingerprint density at radius 3 is 2.88 bits per heavy atom. The molecular weight excluding hydrogens is 312 g/mol. The van der Waals surface area contributed by atoms with Crippen molar-refractivity contribution >= 4 is 17.7 Å². The fourth-order valence-electron chi connectivity index (χ4n) is 2.20. The molecule has 24 heavy (non-hydrogen) atoms. The molecule has 0 radical (unpaired) electrons. The van der Waals surface area contributed by atoms with Crippen LogP contribution in [0.2, 0.25) is 0 Å². The van der Waals surface area contributed by atoms with Crippen molar-refractivity contribution in [1.82, 2.24) is 4.98 Å². The number of esters is 1. The summed E-state index contributed by atoms with van der Waals surface area (Å²) in [6, 6.07) is 10.1. The van der Waals surface area contributed by atoms with Gasteiger partial charge in [-0.25, -0.2) is 9.78 Å². The minimum absolute atomic E-state index is 0.0976. The van der Waals surface area contributed by atoms with E-state index in [9.17, 15) is 9.59 Å². The van der Waals surface area contributed by atoms with E-state index in [0.29, 0.717) is 17.1 Å². The molecule has 7 heteroatoms. The fraction of sp³-hybridized carbons (Fsp3) is 0.235. The van der Waals surface area contributed by atoms with E-state index in [2.05, 4.69) is 10.3 Å². The Balaban J connectivity index is 1.67. The first-order chi connectivity index (χ1) is 11.7. The fourth-order valence-corrected chi connectivity index (χ4v) is 2.20. The van der Waals surface area contributed by atoms with Crippen LogP contribution in [-0.4, -0.2) is 36.2 Å². The van der Waals surface area contributed by atoms with Gasteiger partial charge in [-0.2, -0.15) is 0 Å². The maximum atomic E-state index is 12.3. The van der Waals surface area contributed by atoms with Crippen LogP contribution in [-0.2, 0) is 9.53 Å². The second kappa shape index (κ2) is 6.99. The third-order valence-corrected chi connectivity index (χ3v) is 3.32. The van der Waals surface area contributed by atoms with Gasteiger partial charge >= 0.3 is 5.97 Å². The number of fused-ring (bicyclic) bond motifs is 1. The quantitative estimate of drug-likeness (QED) is 0.864. The summed E-state index contributed by atoms with van der Waals surface area (Å²) in [5.41, 5.74) is 0.313. The smallest absolute Gasteiger partial charge is 0.338 e. The number of para-hydroxylation sites is 2. The van der Waals surface area contributed by atoms with E-state index in [1.165, 1.54) is 18.3 Å². The number of hydrogen-bond acceptors (Lipinski definition) is 6. The molecule has 0 fully saturated rings. The Kier molecular flexibility index (Phi) is 4.60. The van der Waals surface area contributed by atoms with Gasteiger partial charge in [-0.3, -0.25) is 4.79 Å². The van der Waals surface area contributed by atoms with Gasteiger partial charge in [0.15, 0.2) is 11.5 Å². The minimum atomic E-state index is -0.798. The number of pyridine rings is 1. The van der Waals surface area contributed by atoms with Crippen LogP contribution in [0.3, 0.4) is 0 Å².